The lowest BCUT2D eigenvalue weighted by molar-refractivity contribution is 0.0207. The fourth-order valence-electron chi connectivity index (χ4n) is 2.67. The Morgan fingerprint density at radius 1 is 1.45 bits per heavy atom. The number of ether oxygens (including phenoxy) is 1. The summed E-state index contributed by atoms with van der Waals surface area (Å²) in [7, 11) is 0. The van der Waals surface area contributed by atoms with Gasteiger partial charge in [0.15, 0.2) is 5.76 Å². The molecule has 0 radical (unpaired) electrons. The van der Waals surface area contributed by atoms with E-state index >= 15 is 0 Å². The molecule has 20 heavy (non-hydrogen) atoms. The average molecular weight is 275 g/mol. The van der Waals surface area contributed by atoms with Crippen molar-refractivity contribution in [2.75, 3.05) is 13.2 Å². The number of hydrogen-bond acceptors (Lipinski definition) is 4. The smallest absolute Gasteiger partial charge is 0.152 e. The van der Waals surface area contributed by atoms with Crippen molar-refractivity contribution in [3.05, 3.63) is 29.7 Å². The molecule has 1 saturated heterocycles. The van der Waals surface area contributed by atoms with Gasteiger partial charge in [0.05, 0.1) is 11.8 Å². The summed E-state index contributed by atoms with van der Waals surface area (Å²) < 4.78 is 11.4. The Balaban J connectivity index is 1.62. The van der Waals surface area contributed by atoms with Gasteiger partial charge in [0.25, 0.3) is 0 Å². The lowest BCUT2D eigenvalue weighted by Gasteiger charge is -2.23. The average Bonchev–Trinajstić information content (AvgIpc) is 3.11. The standard InChI is InChI=1S/C15H21N3O2/c1-11-4-5-13(20-11)14-12(9-17-18-14)8-16-10-15(2)6-3-7-19-15/h4-5,9,16H,3,6-8,10H2,1-2H3,(H,17,18)/t15-/m0/s1. The van der Waals surface area contributed by atoms with E-state index in [9.17, 15) is 0 Å². The van der Waals surface area contributed by atoms with E-state index < -0.39 is 0 Å². The summed E-state index contributed by atoms with van der Waals surface area (Å²) in [4.78, 5) is 0. The van der Waals surface area contributed by atoms with Crippen molar-refractivity contribution >= 4 is 0 Å². The third kappa shape index (κ3) is 2.78. The monoisotopic (exact) mass is 275 g/mol. The summed E-state index contributed by atoms with van der Waals surface area (Å²) in [5, 5.41) is 10.6. The van der Waals surface area contributed by atoms with Gasteiger partial charge in [-0.1, -0.05) is 0 Å². The van der Waals surface area contributed by atoms with Gasteiger partial charge >= 0.3 is 0 Å². The van der Waals surface area contributed by atoms with E-state index in [0.717, 1.165) is 55.3 Å². The number of aryl methyl sites for hydroxylation is 1. The lowest BCUT2D eigenvalue weighted by atomic mass is 10.0. The zero-order valence-electron chi connectivity index (χ0n) is 12.0. The van der Waals surface area contributed by atoms with Crippen LogP contribution in [-0.4, -0.2) is 29.0 Å². The number of nitrogens with one attached hydrogen (secondary N) is 2. The predicted molar refractivity (Wildman–Crippen MR) is 76.3 cm³/mol. The molecule has 1 aliphatic heterocycles. The maximum atomic E-state index is 5.77. The van der Waals surface area contributed by atoms with E-state index in [1.54, 1.807) is 0 Å². The Hall–Kier alpha value is -1.59. The van der Waals surface area contributed by atoms with Crippen LogP contribution in [0.5, 0.6) is 0 Å². The number of aromatic amines is 1. The van der Waals surface area contributed by atoms with Gasteiger partial charge in [0.1, 0.15) is 11.5 Å². The van der Waals surface area contributed by atoms with Crippen LogP contribution in [-0.2, 0) is 11.3 Å². The Morgan fingerprint density at radius 2 is 2.35 bits per heavy atom. The van der Waals surface area contributed by atoms with E-state index in [2.05, 4.69) is 22.4 Å². The van der Waals surface area contributed by atoms with Crippen LogP contribution in [0.15, 0.2) is 22.7 Å². The van der Waals surface area contributed by atoms with Crippen LogP contribution in [0.1, 0.15) is 31.1 Å². The van der Waals surface area contributed by atoms with Crippen LogP contribution < -0.4 is 5.32 Å². The normalized spacial score (nSPS) is 22.5. The quantitative estimate of drug-likeness (QED) is 0.880. The van der Waals surface area contributed by atoms with Crippen LogP contribution in [0, 0.1) is 6.92 Å². The van der Waals surface area contributed by atoms with E-state index in [-0.39, 0.29) is 5.60 Å². The zero-order chi connectivity index (χ0) is 14.0. The number of aromatic nitrogens is 2. The van der Waals surface area contributed by atoms with Crippen molar-refractivity contribution in [2.24, 2.45) is 0 Å². The van der Waals surface area contributed by atoms with E-state index in [1.807, 2.05) is 25.3 Å². The molecule has 0 amide bonds. The van der Waals surface area contributed by atoms with Crippen LogP contribution in [0.2, 0.25) is 0 Å². The molecule has 1 aliphatic rings. The fraction of sp³-hybridized carbons (Fsp3) is 0.533. The summed E-state index contributed by atoms with van der Waals surface area (Å²) >= 11 is 0. The molecule has 2 aromatic rings. The minimum Gasteiger partial charge on any atom is -0.460 e. The Morgan fingerprint density at radius 3 is 3.05 bits per heavy atom. The molecule has 1 fully saturated rings. The van der Waals surface area contributed by atoms with Gasteiger partial charge in [-0.15, -0.1) is 0 Å². The summed E-state index contributed by atoms with van der Waals surface area (Å²) in [6, 6.07) is 3.93. The number of furan rings is 1. The second-order valence-electron chi connectivity index (χ2n) is 5.69. The van der Waals surface area contributed by atoms with Crippen molar-refractivity contribution < 1.29 is 9.15 Å². The van der Waals surface area contributed by atoms with Crippen molar-refractivity contribution in [3.8, 4) is 11.5 Å². The molecule has 108 valence electrons. The van der Waals surface area contributed by atoms with Gasteiger partial charge in [0.2, 0.25) is 0 Å². The van der Waals surface area contributed by atoms with Crippen molar-refractivity contribution in [3.63, 3.8) is 0 Å². The Labute approximate surface area is 118 Å². The third-order valence-electron chi connectivity index (χ3n) is 3.82. The Bertz CT molecular complexity index is 567. The number of rotatable bonds is 5. The van der Waals surface area contributed by atoms with Gasteiger partial charge in [-0.3, -0.25) is 5.10 Å². The molecule has 0 aromatic carbocycles. The molecule has 2 aromatic heterocycles. The van der Waals surface area contributed by atoms with Crippen LogP contribution in [0.3, 0.4) is 0 Å². The maximum absolute atomic E-state index is 5.77. The van der Waals surface area contributed by atoms with E-state index in [1.165, 1.54) is 0 Å². The van der Waals surface area contributed by atoms with Gasteiger partial charge in [-0.25, -0.2) is 0 Å². The van der Waals surface area contributed by atoms with Crippen molar-refractivity contribution in [2.45, 2.75) is 38.8 Å². The minimum absolute atomic E-state index is 0.0226. The van der Waals surface area contributed by atoms with Gasteiger partial charge in [-0.05, 0) is 38.8 Å². The lowest BCUT2D eigenvalue weighted by Crippen LogP contribution is -2.36. The molecular formula is C15H21N3O2. The second-order valence-corrected chi connectivity index (χ2v) is 5.69. The summed E-state index contributed by atoms with van der Waals surface area (Å²) in [5.74, 6) is 1.74. The Kier molecular flexibility index (Phi) is 3.63. The molecule has 0 aliphatic carbocycles. The third-order valence-corrected chi connectivity index (χ3v) is 3.82. The molecule has 0 bridgehead atoms. The fourth-order valence-corrected chi connectivity index (χ4v) is 2.67. The maximum Gasteiger partial charge on any atom is 0.152 e. The first-order valence-electron chi connectivity index (χ1n) is 7.10. The summed E-state index contributed by atoms with van der Waals surface area (Å²) in [6.07, 6.45) is 4.12. The minimum atomic E-state index is -0.0226. The largest absolute Gasteiger partial charge is 0.460 e. The van der Waals surface area contributed by atoms with Gasteiger partial charge in [0, 0.05) is 25.3 Å². The SMILES string of the molecule is Cc1ccc(-c2[nH]ncc2CNC[C@]2(C)CCCO2)o1. The van der Waals surface area contributed by atoms with Gasteiger partial charge < -0.3 is 14.5 Å². The first kappa shape index (κ1) is 13.4. The topological polar surface area (TPSA) is 63.1 Å². The van der Waals surface area contributed by atoms with E-state index in [0.29, 0.717) is 0 Å². The molecular weight excluding hydrogens is 254 g/mol. The predicted octanol–water partition coefficient (Wildman–Crippen LogP) is 2.64. The molecule has 3 heterocycles. The summed E-state index contributed by atoms with van der Waals surface area (Å²) in [6.45, 7) is 6.59. The molecule has 0 saturated carbocycles. The zero-order valence-corrected chi connectivity index (χ0v) is 12.0. The van der Waals surface area contributed by atoms with Gasteiger partial charge in [-0.2, -0.15) is 5.10 Å². The molecule has 1 atom stereocenters. The summed E-state index contributed by atoms with van der Waals surface area (Å²) in [5.41, 5.74) is 2.04. The molecule has 3 rings (SSSR count). The van der Waals surface area contributed by atoms with Crippen molar-refractivity contribution in [1.29, 1.82) is 0 Å². The van der Waals surface area contributed by atoms with E-state index in [4.69, 9.17) is 9.15 Å². The first-order chi connectivity index (χ1) is 9.66. The first-order valence-corrected chi connectivity index (χ1v) is 7.10. The molecule has 2 N–H and O–H groups in total. The molecule has 5 heteroatoms. The van der Waals surface area contributed by atoms with Crippen LogP contribution in [0.25, 0.3) is 11.5 Å². The molecule has 0 spiro atoms. The highest BCUT2D eigenvalue weighted by molar-refractivity contribution is 5.56. The number of H-pyrrole nitrogens is 1. The highest BCUT2D eigenvalue weighted by Crippen LogP contribution is 2.25. The molecule has 5 nitrogen and oxygen atoms in total. The number of nitrogens with zero attached hydrogens (tertiary/aromatic N) is 1. The molecule has 0 unspecified atom stereocenters. The van der Waals surface area contributed by atoms with Crippen molar-refractivity contribution in [1.82, 2.24) is 15.5 Å². The number of hydrogen-bond donors (Lipinski definition) is 2. The highest BCUT2D eigenvalue weighted by Gasteiger charge is 2.29. The van der Waals surface area contributed by atoms with Crippen LogP contribution in [0.4, 0.5) is 0 Å². The highest BCUT2D eigenvalue weighted by atomic mass is 16.5. The second kappa shape index (κ2) is 5.42. The van der Waals surface area contributed by atoms with Crippen LogP contribution >= 0.6 is 0 Å².